The number of rotatable bonds is 2. The van der Waals surface area contributed by atoms with E-state index in [1.54, 1.807) is 11.1 Å². The average molecular weight is 361 g/mol. The van der Waals surface area contributed by atoms with Crippen molar-refractivity contribution in [2.75, 3.05) is 16.8 Å². The Kier molecular flexibility index (Phi) is 4.29. The van der Waals surface area contributed by atoms with Gasteiger partial charge in [0.2, 0.25) is 0 Å². The van der Waals surface area contributed by atoms with Crippen molar-refractivity contribution >= 4 is 39.2 Å². The monoisotopic (exact) mass is 360 g/mol. The van der Waals surface area contributed by atoms with Gasteiger partial charge in [0.15, 0.2) is 5.82 Å². The fraction of sp³-hybridized carbons (Fsp3) is 0.250. The molecule has 2 N–H and O–H groups in total. The molecule has 1 atom stereocenters. The number of carbonyl (C=O) groups excluding carboxylic acids is 1. The molecule has 3 rings (SSSR count). The van der Waals surface area contributed by atoms with Crippen molar-refractivity contribution in [2.45, 2.75) is 18.3 Å². The first-order valence-corrected chi connectivity index (χ1v) is 8.07. The number of pyridine rings is 1. The lowest BCUT2D eigenvalue weighted by Crippen LogP contribution is -2.39. The third-order valence-corrected chi connectivity index (χ3v) is 3.76. The predicted molar refractivity (Wildman–Crippen MR) is 91.9 cm³/mol. The first-order chi connectivity index (χ1) is 10.7. The average Bonchev–Trinajstić information content (AvgIpc) is 2.69. The molecule has 2 aromatic rings. The molecular formula is C16H17BrN4O. The van der Waals surface area contributed by atoms with Gasteiger partial charge < -0.3 is 10.6 Å². The lowest BCUT2D eigenvalue weighted by molar-refractivity contribution is 0.248. The van der Waals surface area contributed by atoms with Gasteiger partial charge in [-0.25, -0.2) is 14.7 Å². The molecule has 1 aromatic heterocycles. The summed E-state index contributed by atoms with van der Waals surface area (Å²) in [7, 11) is 0. The highest BCUT2D eigenvalue weighted by atomic mass is 79.9. The molecule has 5 nitrogen and oxygen atoms in total. The Hall–Kier alpha value is -2.08. The summed E-state index contributed by atoms with van der Waals surface area (Å²) < 4.78 is 0. The van der Waals surface area contributed by atoms with E-state index in [1.165, 1.54) is 0 Å². The van der Waals surface area contributed by atoms with Crippen LogP contribution in [-0.4, -0.2) is 22.4 Å². The lowest BCUT2D eigenvalue weighted by Gasteiger charge is -2.23. The van der Waals surface area contributed by atoms with Crippen LogP contribution in [0.3, 0.4) is 0 Å². The summed E-state index contributed by atoms with van der Waals surface area (Å²) in [5.74, 6) is 0.618. The van der Waals surface area contributed by atoms with Gasteiger partial charge in [-0.1, -0.05) is 41.1 Å². The molecule has 6 heteroatoms. The number of carbonyl (C=O) groups is 1. The van der Waals surface area contributed by atoms with Gasteiger partial charge in [0.1, 0.15) is 0 Å². The zero-order valence-corrected chi connectivity index (χ0v) is 13.8. The standard InChI is InChI=1S/C16H17BrN4O/c1-11(17)9-20-16(22)21-14-7-3-2-5-12(14)10-19-13-6-4-8-18-15(13)21/h2-8,11,19H,9-10H2,1H3,(H,20,22). The number of hydrogen-bond donors (Lipinski definition) is 2. The van der Waals surface area contributed by atoms with Gasteiger partial charge in [-0.2, -0.15) is 0 Å². The van der Waals surface area contributed by atoms with Crippen LogP contribution in [0.5, 0.6) is 0 Å². The Labute approximate surface area is 137 Å². The van der Waals surface area contributed by atoms with Gasteiger partial charge in [-0.3, -0.25) is 0 Å². The minimum atomic E-state index is -0.178. The number of fused-ring (bicyclic) bond motifs is 2. The number of nitrogens with zero attached hydrogens (tertiary/aromatic N) is 2. The summed E-state index contributed by atoms with van der Waals surface area (Å²) in [5.41, 5.74) is 2.76. The maximum absolute atomic E-state index is 12.7. The fourth-order valence-electron chi connectivity index (χ4n) is 2.41. The fourth-order valence-corrected chi connectivity index (χ4v) is 2.57. The summed E-state index contributed by atoms with van der Waals surface area (Å²) >= 11 is 3.44. The number of urea groups is 1. The quantitative estimate of drug-likeness (QED) is 0.803. The number of aromatic nitrogens is 1. The van der Waals surface area contributed by atoms with Crippen molar-refractivity contribution in [3.63, 3.8) is 0 Å². The minimum absolute atomic E-state index is 0.178. The number of alkyl halides is 1. The van der Waals surface area contributed by atoms with E-state index in [2.05, 4.69) is 31.5 Å². The summed E-state index contributed by atoms with van der Waals surface area (Å²) in [6.45, 7) is 3.20. The van der Waals surface area contributed by atoms with Crippen molar-refractivity contribution < 1.29 is 4.79 Å². The van der Waals surface area contributed by atoms with Crippen LogP contribution in [-0.2, 0) is 6.54 Å². The zero-order chi connectivity index (χ0) is 15.5. The second kappa shape index (κ2) is 6.36. The van der Waals surface area contributed by atoms with Crippen molar-refractivity contribution in [3.05, 3.63) is 48.2 Å². The van der Waals surface area contributed by atoms with Crippen molar-refractivity contribution in [2.24, 2.45) is 0 Å². The molecule has 0 fully saturated rings. The molecule has 1 aromatic carbocycles. The Balaban J connectivity index is 2.04. The predicted octanol–water partition coefficient (Wildman–Crippen LogP) is 3.64. The van der Waals surface area contributed by atoms with Gasteiger partial charge >= 0.3 is 6.03 Å². The van der Waals surface area contributed by atoms with Gasteiger partial charge in [-0.05, 0) is 23.8 Å². The first-order valence-electron chi connectivity index (χ1n) is 7.15. The second-order valence-electron chi connectivity index (χ2n) is 5.16. The molecule has 0 aliphatic carbocycles. The van der Waals surface area contributed by atoms with Crippen LogP contribution in [0.1, 0.15) is 12.5 Å². The van der Waals surface area contributed by atoms with Crippen LogP contribution in [0.4, 0.5) is 22.0 Å². The number of hydrogen-bond acceptors (Lipinski definition) is 3. The normalized spacial score (nSPS) is 14.2. The van der Waals surface area contributed by atoms with Crippen LogP contribution in [0.15, 0.2) is 42.6 Å². The largest absolute Gasteiger partial charge is 0.378 e. The Bertz CT molecular complexity index is 642. The molecular weight excluding hydrogens is 344 g/mol. The summed E-state index contributed by atoms with van der Waals surface area (Å²) in [4.78, 5) is 19.0. The van der Waals surface area contributed by atoms with Crippen LogP contribution in [0.2, 0.25) is 0 Å². The van der Waals surface area contributed by atoms with Crippen LogP contribution >= 0.6 is 15.9 Å². The number of para-hydroxylation sites is 1. The highest BCUT2D eigenvalue weighted by Crippen LogP contribution is 2.35. The number of benzene rings is 1. The van der Waals surface area contributed by atoms with E-state index in [0.29, 0.717) is 18.9 Å². The molecule has 1 unspecified atom stereocenters. The first kappa shape index (κ1) is 14.8. The third kappa shape index (κ3) is 2.92. The van der Waals surface area contributed by atoms with Crippen LogP contribution in [0.25, 0.3) is 0 Å². The Morgan fingerprint density at radius 3 is 3.05 bits per heavy atom. The van der Waals surface area contributed by atoms with Crippen molar-refractivity contribution in [3.8, 4) is 0 Å². The summed E-state index contributed by atoms with van der Waals surface area (Å²) in [6, 6.07) is 11.5. The molecule has 2 heterocycles. The lowest BCUT2D eigenvalue weighted by atomic mass is 10.1. The van der Waals surface area contributed by atoms with Gasteiger partial charge in [0.05, 0.1) is 11.4 Å². The maximum Gasteiger partial charge on any atom is 0.327 e. The van der Waals surface area contributed by atoms with Gasteiger partial charge in [0.25, 0.3) is 0 Å². The molecule has 22 heavy (non-hydrogen) atoms. The van der Waals surface area contributed by atoms with Crippen molar-refractivity contribution in [1.29, 1.82) is 0 Å². The highest BCUT2D eigenvalue weighted by molar-refractivity contribution is 9.09. The Morgan fingerprint density at radius 2 is 2.23 bits per heavy atom. The SMILES string of the molecule is CC(Br)CNC(=O)N1c2ccccc2CNc2cccnc21. The van der Waals surface area contributed by atoms with Crippen LogP contribution < -0.4 is 15.5 Å². The molecule has 0 saturated heterocycles. The topological polar surface area (TPSA) is 57.3 Å². The van der Waals surface area contributed by atoms with E-state index in [1.807, 2.05) is 43.3 Å². The zero-order valence-electron chi connectivity index (χ0n) is 12.2. The van der Waals surface area contributed by atoms with E-state index in [9.17, 15) is 4.79 Å². The summed E-state index contributed by atoms with van der Waals surface area (Å²) in [6.07, 6.45) is 1.70. The van der Waals surface area contributed by atoms with Crippen molar-refractivity contribution in [1.82, 2.24) is 10.3 Å². The van der Waals surface area contributed by atoms with E-state index < -0.39 is 0 Å². The molecule has 2 amide bonds. The second-order valence-corrected chi connectivity index (χ2v) is 6.72. The number of halogens is 1. The molecule has 114 valence electrons. The molecule has 0 radical (unpaired) electrons. The van der Waals surface area contributed by atoms with Gasteiger partial charge in [-0.15, -0.1) is 0 Å². The highest BCUT2D eigenvalue weighted by Gasteiger charge is 2.26. The molecule has 0 spiro atoms. The molecule has 0 saturated carbocycles. The van der Waals surface area contributed by atoms with E-state index >= 15 is 0 Å². The summed E-state index contributed by atoms with van der Waals surface area (Å²) in [5, 5.41) is 6.27. The smallest absolute Gasteiger partial charge is 0.327 e. The molecule has 1 aliphatic heterocycles. The van der Waals surface area contributed by atoms with E-state index in [4.69, 9.17) is 0 Å². The van der Waals surface area contributed by atoms with Crippen LogP contribution in [0, 0.1) is 0 Å². The van der Waals surface area contributed by atoms with E-state index in [0.717, 1.165) is 16.9 Å². The number of amides is 2. The van der Waals surface area contributed by atoms with E-state index in [-0.39, 0.29) is 10.9 Å². The Morgan fingerprint density at radius 1 is 1.41 bits per heavy atom. The van der Waals surface area contributed by atoms with Gasteiger partial charge in [0, 0.05) is 24.1 Å². The number of anilines is 3. The molecule has 1 aliphatic rings. The molecule has 0 bridgehead atoms. The maximum atomic E-state index is 12.7. The number of nitrogens with one attached hydrogen (secondary N) is 2. The minimum Gasteiger partial charge on any atom is -0.378 e. The third-order valence-electron chi connectivity index (χ3n) is 3.44.